The number of hydrogen-bond acceptors (Lipinski definition) is 3. The molecule has 6 aromatic carbocycles. The predicted molar refractivity (Wildman–Crippen MR) is 299 cm³/mol. The quantitative estimate of drug-likeness (QED) is 0.0304. The summed E-state index contributed by atoms with van der Waals surface area (Å²) in [6, 6.07) is 65.8. The van der Waals surface area contributed by atoms with E-state index in [1.165, 1.54) is 57.8 Å². The average Bonchev–Trinajstić information content (AvgIpc) is 3.39. The third-order valence-electron chi connectivity index (χ3n) is 14.3. The van der Waals surface area contributed by atoms with E-state index < -0.39 is 25.4 Å². The zero-order valence-electron chi connectivity index (χ0n) is 44.0. The highest BCUT2D eigenvalue weighted by atomic mass is 31.2. The molecule has 0 heterocycles. The lowest BCUT2D eigenvalue weighted by atomic mass is 9.82. The molecule has 3 nitrogen and oxygen atoms in total. The van der Waals surface area contributed by atoms with Gasteiger partial charge in [0.25, 0.3) is 0 Å². The Hall–Kier alpha value is -4.37. The molecule has 4 heteroatoms. The minimum atomic E-state index is -2.17. The molecule has 0 saturated carbocycles. The second-order valence-corrected chi connectivity index (χ2v) is 22.2. The van der Waals surface area contributed by atoms with Gasteiger partial charge in [0.1, 0.15) is 16.8 Å². The Labute approximate surface area is 427 Å². The molecule has 6 aromatic rings. The first-order chi connectivity index (χ1) is 34.2. The van der Waals surface area contributed by atoms with Gasteiger partial charge in [-0.3, -0.25) is 13.6 Å². The first-order valence-corrected chi connectivity index (χ1v) is 28.5. The van der Waals surface area contributed by atoms with Crippen LogP contribution in [0, 0.1) is 17.8 Å². The van der Waals surface area contributed by atoms with Crippen molar-refractivity contribution in [3.8, 4) is 0 Å². The highest BCUT2D eigenvalue weighted by Crippen LogP contribution is 2.62. The lowest BCUT2D eigenvalue weighted by Crippen LogP contribution is -2.37. The van der Waals surface area contributed by atoms with Crippen LogP contribution in [0.2, 0.25) is 0 Å². The first kappa shape index (κ1) is 55.0. The van der Waals surface area contributed by atoms with E-state index in [0.29, 0.717) is 17.8 Å². The van der Waals surface area contributed by atoms with Crippen molar-refractivity contribution in [1.29, 1.82) is 0 Å². The van der Waals surface area contributed by atoms with Gasteiger partial charge in [-0.25, -0.2) is 0 Å². The molecule has 0 saturated heterocycles. The van der Waals surface area contributed by atoms with Crippen LogP contribution >= 0.6 is 8.60 Å². The van der Waals surface area contributed by atoms with E-state index in [2.05, 4.69) is 224 Å². The summed E-state index contributed by atoms with van der Waals surface area (Å²) in [7, 11) is -2.17. The normalized spacial score (nSPS) is 12.4. The number of rotatable bonds is 33. The van der Waals surface area contributed by atoms with Gasteiger partial charge in [-0.15, -0.1) is 0 Å². The lowest BCUT2D eigenvalue weighted by molar-refractivity contribution is -0.0253. The zero-order valence-corrected chi connectivity index (χ0v) is 44.8. The molecule has 6 rings (SSSR count). The maximum absolute atomic E-state index is 8.21. The van der Waals surface area contributed by atoms with Crippen molar-refractivity contribution in [2.45, 2.75) is 174 Å². The molecule has 374 valence electrons. The maximum atomic E-state index is 8.21. The third-order valence-corrected chi connectivity index (χ3v) is 15.7. The summed E-state index contributed by atoms with van der Waals surface area (Å²) in [6.07, 6.45) is 19.8. The van der Waals surface area contributed by atoms with Crippen LogP contribution in [0.4, 0.5) is 0 Å². The topological polar surface area (TPSA) is 27.7 Å². The molecule has 0 N–H and O–H groups in total. The van der Waals surface area contributed by atoms with Gasteiger partial charge in [0.15, 0.2) is 0 Å². The second-order valence-electron chi connectivity index (χ2n) is 21.2. The standard InChI is InChI=1S/C66H87O3P/c1-55(2)37-19-7-10-34-52-64(58-40-22-13-23-41-58,59-42-24-14-25-43-59)67-70(68-65(60-44-26-15-27-45-60,61-46-28-16-29-47-61)53-35-11-8-20-38-56(3)4)69-66(62-48-30-17-31-49-62,63-50-32-18-33-51-63)54-36-12-9-21-39-57(5)6/h13-18,22-33,40-51,55-57H,7-12,19-21,34-39,52-54H2,1-6H3. The van der Waals surface area contributed by atoms with Gasteiger partial charge in [-0.1, -0.05) is 301 Å². The fraction of sp³-hybridized carbons (Fsp3) is 0.455. The summed E-state index contributed by atoms with van der Waals surface area (Å²) in [5.41, 5.74) is 4.08. The summed E-state index contributed by atoms with van der Waals surface area (Å²) < 4.78 is 24.6. The highest BCUT2D eigenvalue weighted by Gasteiger charge is 2.48. The fourth-order valence-electron chi connectivity index (χ4n) is 10.3. The van der Waals surface area contributed by atoms with E-state index in [0.717, 1.165) is 91.2 Å². The number of hydrogen-bond donors (Lipinski definition) is 0. The monoisotopic (exact) mass is 959 g/mol. The van der Waals surface area contributed by atoms with Crippen LogP contribution in [0.25, 0.3) is 0 Å². The SMILES string of the molecule is CC(C)CCCCCCC(OP(OC(CCCCCCC(C)C)(c1ccccc1)c1ccccc1)OC(CCCCCCC(C)C)(c1ccccc1)c1ccccc1)(c1ccccc1)c1ccccc1. The van der Waals surface area contributed by atoms with Crippen LogP contribution in [0.15, 0.2) is 182 Å². The predicted octanol–water partition coefficient (Wildman–Crippen LogP) is 20.1. The van der Waals surface area contributed by atoms with Crippen molar-refractivity contribution in [2.24, 2.45) is 17.8 Å². The van der Waals surface area contributed by atoms with Crippen LogP contribution in [-0.2, 0) is 30.4 Å². The zero-order chi connectivity index (χ0) is 49.3. The van der Waals surface area contributed by atoms with Crippen LogP contribution in [0.1, 0.15) is 190 Å². The molecule has 0 aliphatic heterocycles. The maximum Gasteiger partial charge on any atom is 0.336 e. The van der Waals surface area contributed by atoms with Crippen LogP contribution in [0.3, 0.4) is 0 Å². The molecule has 0 atom stereocenters. The minimum absolute atomic E-state index is 0.706. The Morgan fingerprint density at radius 2 is 0.457 bits per heavy atom. The summed E-state index contributed by atoms with van der Waals surface area (Å²) in [5.74, 6) is 2.12. The fourth-order valence-corrected chi connectivity index (χ4v) is 12.1. The first-order valence-electron chi connectivity index (χ1n) is 27.4. The van der Waals surface area contributed by atoms with E-state index in [-0.39, 0.29) is 0 Å². The van der Waals surface area contributed by atoms with Crippen molar-refractivity contribution in [3.05, 3.63) is 215 Å². The highest BCUT2D eigenvalue weighted by molar-refractivity contribution is 7.41. The summed E-state index contributed by atoms with van der Waals surface area (Å²) in [6.45, 7) is 14.0. The van der Waals surface area contributed by atoms with Gasteiger partial charge in [0.05, 0.1) is 0 Å². The van der Waals surface area contributed by atoms with Gasteiger partial charge in [-0.2, -0.15) is 0 Å². The molecule has 0 aromatic heterocycles. The van der Waals surface area contributed by atoms with Gasteiger partial charge in [0.2, 0.25) is 0 Å². The van der Waals surface area contributed by atoms with Crippen molar-refractivity contribution in [1.82, 2.24) is 0 Å². The van der Waals surface area contributed by atoms with Gasteiger partial charge < -0.3 is 0 Å². The van der Waals surface area contributed by atoms with Crippen LogP contribution in [0.5, 0.6) is 0 Å². The van der Waals surface area contributed by atoms with Crippen molar-refractivity contribution < 1.29 is 13.6 Å². The summed E-state index contributed by atoms with van der Waals surface area (Å²) in [4.78, 5) is 0. The van der Waals surface area contributed by atoms with Crippen molar-refractivity contribution >= 4 is 8.60 Å². The van der Waals surface area contributed by atoms with Gasteiger partial charge >= 0.3 is 8.60 Å². The summed E-state index contributed by atoms with van der Waals surface area (Å²) >= 11 is 0. The van der Waals surface area contributed by atoms with E-state index in [1.807, 2.05) is 0 Å². The Kier molecular flexibility index (Phi) is 22.9. The second kappa shape index (κ2) is 29.2. The molecular weight excluding hydrogens is 872 g/mol. The molecule has 0 amide bonds. The number of benzene rings is 6. The summed E-state index contributed by atoms with van der Waals surface area (Å²) in [5, 5.41) is 0. The minimum Gasteiger partial charge on any atom is -0.296 e. The molecular formula is C66H87O3P. The molecule has 70 heavy (non-hydrogen) atoms. The largest absolute Gasteiger partial charge is 0.336 e. The van der Waals surface area contributed by atoms with Crippen molar-refractivity contribution in [3.63, 3.8) is 0 Å². The number of unbranched alkanes of at least 4 members (excludes halogenated alkanes) is 9. The van der Waals surface area contributed by atoms with Crippen molar-refractivity contribution in [2.75, 3.05) is 0 Å². The molecule has 0 fully saturated rings. The van der Waals surface area contributed by atoms with E-state index in [4.69, 9.17) is 13.6 Å². The third kappa shape index (κ3) is 16.1. The van der Waals surface area contributed by atoms with Crippen LogP contribution < -0.4 is 0 Å². The molecule has 0 radical (unpaired) electrons. The van der Waals surface area contributed by atoms with Gasteiger partial charge in [0, 0.05) is 0 Å². The molecule has 0 aliphatic carbocycles. The molecule has 0 bridgehead atoms. The van der Waals surface area contributed by atoms with Crippen LogP contribution in [-0.4, -0.2) is 0 Å². The van der Waals surface area contributed by atoms with E-state index in [1.54, 1.807) is 0 Å². The Morgan fingerprint density at radius 3 is 0.643 bits per heavy atom. The Bertz CT molecular complexity index is 1870. The molecule has 0 aliphatic rings. The molecule has 0 unspecified atom stereocenters. The Balaban J connectivity index is 1.57. The smallest absolute Gasteiger partial charge is 0.296 e. The van der Waals surface area contributed by atoms with E-state index >= 15 is 0 Å². The lowest BCUT2D eigenvalue weighted by Gasteiger charge is -2.45. The average molecular weight is 959 g/mol. The molecule has 0 spiro atoms. The van der Waals surface area contributed by atoms with Gasteiger partial charge in [-0.05, 0) is 89.7 Å². The Morgan fingerprint density at radius 1 is 0.271 bits per heavy atom. The van der Waals surface area contributed by atoms with E-state index in [9.17, 15) is 0 Å².